The topological polar surface area (TPSA) is 66.8 Å². The van der Waals surface area contributed by atoms with Crippen molar-refractivity contribution in [1.82, 2.24) is 0 Å². The first kappa shape index (κ1) is 18.0. The second-order valence-electron chi connectivity index (χ2n) is 5.33. The number of thioether (sulfide) groups is 1. The number of halogens is 1. The van der Waals surface area contributed by atoms with Gasteiger partial charge in [-0.2, -0.15) is 8.42 Å². The summed E-state index contributed by atoms with van der Waals surface area (Å²) in [5.41, 5.74) is 0.598. The highest BCUT2D eigenvalue weighted by molar-refractivity contribution is 8.16. The zero-order valence-electron chi connectivity index (χ0n) is 13.3. The Morgan fingerprint density at radius 3 is 2.36 bits per heavy atom. The monoisotopic (exact) mass is 394 g/mol. The molecular weight excluding hydrogens is 380 g/mol. The lowest BCUT2D eigenvalue weighted by Gasteiger charge is -2.16. The molecule has 1 aliphatic heterocycles. The Morgan fingerprint density at radius 1 is 1.12 bits per heavy atom. The van der Waals surface area contributed by atoms with Crippen molar-refractivity contribution in [3.8, 4) is 0 Å². The molecule has 5 nitrogen and oxygen atoms in total. The van der Waals surface area contributed by atoms with Gasteiger partial charge in [0.1, 0.15) is 0 Å². The molecular formula is C17H15ClN2O3S2. The summed E-state index contributed by atoms with van der Waals surface area (Å²) in [5.74, 6) is -0.163. The van der Waals surface area contributed by atoms with Crippen LogP contribution >= 0.6 is 23.4 Å². The molecule has 0 N–H and O–H groups in total. The smallest absolute Gasteiger partial charge is 0.273 e. The normalized spacial score (nSPS) is 19.6. The maximum Gasteiger partial charge on any atom is 0.284 e. The standard InChI is InChI=1S/C17H15ClN2O3S2/c1-2-15-16(21)20(13-6-4-3-5-7-13)17(24-15)19-25(22,23)14-10-8-12(18)9-11-14/h3-11,15H,2H2,1H3/t15-/m1/s1. The largest absolute Gasteiger partial charge is 0.284 e. The van der Waals surface area contributed by atoms with Crippen LogP contribution in [0.15, 0.2) is 63.9 Å². The van der Waals surface area contributed by atoms with Crippen LogP contribution < -0.4 is 4.90 Å². The van der Waals surface area contributed by atoms with Crippen LogP contribution in [-0.4, -0.2) is 24.7 Å². The van der Waals surface area contributed by atoms with E-state index in [1.54, 1.807) is 24.3 Å². The van der Waals surface area contributed by atoms with Gasteiger partial charge in [0.25, 0.3) is 10.0 Å². The molecule has 25 heavy (non-hydrogen) atoms. The van der Waals surface area contributed by atoms with E-state index in [2.05, 4.69) is 4.40 Å². The van der Waals surface area contributed by atoms with Gasteiger partial charge in [-0.15, -0.1) is 4.40 Å². The minimum absolute atomic E-state index is 0.0328. The molecule has 1 heterocycles. The molecule has 8 heteroatoms. The zero-order chi connectivity index (χ0) is 18.0. The number of para-hydroxylation sites is 1. The molecule has 0 bridgehead atoms. The minimum atomic E-state index is -3.94. The Labute approximate surface area is 155 Å². The summed E-state index contributed by atoms with van der Waals surface area (Å²) in [5, 5.41) is 0.256. The molecule has 0 unspecified atom stereocenters. The molecule has 1 amide bonds. The van der Waals surface area contributed by atoms with Crippen LogP contribution in [0.1, 0.15) is 13.3 Å². The van der Waals surface area contributed by atoms with Crippen LogP contribution in [0.4, 0.5) is 5.69 Å². The van der Waals surface area contributed by atoms with E-state index in [9.17, 15) is 13.2 Å². The van der Waals surface area contributed by atoms with Crippen LogP contribution in [0.3, 0.4) is 0 Å². The average Bonchev–Trinajstić information content (AvgIpc) is 2.90. The van der Waals surface area contributed by atoms with Crippen molar-refractivity contribution in [1.29, 1.82) is 0 Å². The van der Waals surface area contributed by atoms with Gasteiger partial charge in [0, 0.05) is 5.02 Å². The van der Waals surface area contributed by atoms with Gasteiger partial charge in [-0.1, -0.05) is 48.5 Å². The number of benzene rings is 2. The van der Waals surface area contributed by atoms with Crippen molar-refractivity contribution >= 4 is 50.1 Å². The first-order valence-electron chi connectivity index (χ1n) is 7.58. The maximum atomic E-state index is 12.6. The summed E-state index contributed by atoms with van der Waals surface area (Å²) in [4.78, 5) is 14.0. The highest BCUT2D eigenvalue weighted by atomic mass is 35.5. The molecule has 1 atom stereocenters. The van der Waals surface area contributed by atoms with E-state index in [1.165, 1.54) is 40.9 Å². The number of carbonyl (C=O) groups excluding carboxylic acids is 1. The van der Waals surface area contributed by atoms with E-state index in [0.29, 0.717) is 17.1 Å². The first-order valence-corrected chi connectivity index (χ1v) is 10.3. The predicted octanol–water partition coefficient (Wildman–Crippen LogP) is 3.94. The van der Waals surface area contributed by atoms with E-state index < -0.39 is 10.0 Å². The van der Waals surface area contributed by atoms with E-state index in [-0.39, 0.29) is 21.2 Å². The van der Waals surface area contributed by atoms with Crippen molar-refractivity contribution in [2.45, 2.75) is 23.5 Å². The average molecular weight is 395 g/mol. The molecule has 0 radical (unpaired) electrons. The molecule has 3 rings (SSSR count). The number of rotatable bonds is 4. The molecule has 2 aromatic rings. The van der Waals surface area contributed by atoms with Gasteiger partial charge < -0.3 is 0 Å². The fraction of sp³-hybridized carbons (Fsp3) is 0.176. The van der Waals surface area contributed by atoms with Crippen molar-refractivity contribution in [3.05, 3.63) is 59.6 Å². The summed E-state index contributed by atoms with van der Waals surface area (Å²) < 4.78 is 29.1. The Bertz CT molecular complexity index is 913. The Hall–Kier alpha value is -1.83. The summed E-state index contributed by atoms with van der Waals surface area (Å²) >= 11 is 6.97. The molecule has 1 saturated heterocycles. The number of anilines is 1. The fourth-order valence-corrected chi connectivity index (χ4v) is 4.76. The number of nitrogens with zero attached hydrogens (tertiary/aromatic N) is 2. The molecule has 0 aliphatic carbocycles. The van der Waals surface area contributed by atoms with Gasteiger partial charge in [0.05, 0.1) is 15.8 Å². The molecule has 1 fully saturated rings. The van der Waals surface area contributed by atoms with Gasteiger partial charge in [0.15, 0.2) is 5.17 Å². The summed E-state index contributed by atoms with van der Waals surface area (Å²) in [7, 11) is -3.94. The minimum Gasteiger partial charge on any atom is -0.273 e. The SMILES string of the molecule is CC[C@H]1SC(=NS(=O)(=O)c2ccc(Cl)cc2)N(c2ccccc2)C1=O. The van der Waals surface area contributed by atoms with E-state index >= 15 is 0 Å². The number of amides is 1. The summed E-state index contributed by atoms with van der Waals surface area (Å²) in [6.07, 6.45) is 0.590. The lowest BCUT2D eigenvalue weighted by molar-refractivity contribution is -0.116. The van der Waals surface area contributed by atoms with E-state index in [1.807, 2.05) is 13.0 Å². The molecule has 0 saturated carbocycles. The Morgan fingerprint density at radius 2 is 1.76 bits per heavy atom. The van der Waals surface area contributed by atoms with Crippen LogP contribution in [0, 0.1) is 0 Å². The number of carbonyl (C=O) groups is 1. The second-order valence-corrected chi connectivity index (χ2v) is 8.54. The number of amidine groups is 1. The zero-order valence-corrected chi connectivity index (χ0v) is 15.7. The molecule has 2 aromatic carbocycles. The highest BCUT2D eigenvalue weighted by Gasteiger charge is 2.39. The lowest BCUT2D eigenvalue weighted by Crippen LogP contribution is -2.32. The first-order chi connectivity index (χ1) is 11.9. The fourth-order valence-electron chi connectivity index (χ4n) is 2.37. The highest BCUT2D eigenvalue weighted by Crippen LogP contribution is 2.34. The van der Waals surface area contributed by atoms with Gasteiger partial charge in [-0.05, 0) is 42.8 Å². The van der Waals surface area contributed by atoms with Crippen molar-refractivity contribution in [3.63, 3.8) is 0 Å². The van der Waals surface area contributed by atoms with E-state index in [4.69, 9.17) is 11.6 Å². The van der Waals surface area contributed by atoms with Gasteiger partial charge in [-0.25, -0.2) is 0 Å². The number of hydrogen-bond acceptors (Lipinski definition) is 4. The predicted molar refractivity (Wildman–Crippen MR) is 102 cm³/mol. The Balaban J connectivity index is 2.04. The molecule has 0 aromatic heterocycles. The maximum absolute atomic E-state index is 12.6. The molecule has 1 aliphatic rings. The van der Waals surface area contributed by atoms with Crippen molar-refractivity contribution in [2.24, 2.45) is 4.40 Å². The number of sulfonamides is 1. The second kappa shape index (κ2) is 7.19. The summed E-state index contributed by atoms with van der Waals surface area (Å²) in [6.45, 7) is 1.88. The Kier molecular flexibility index (Phi) is 5.17. The molecule has 130 valence electrons. The third-order valence-electron chi connectivity index (χ3n) is 3.63. The van der Waals surface area contributed by atoms with Crippen molar-refractivity contribution in [2.75, 3.05) is 4.90 Å². The third kappa shape index (κ3) is 3.73. The quantitative estimate of drug-likeness (QED) is 0.787. The lowest BCUT2D eigenvalue weighted by atomic mass is 10.2. The third-order valence-corrected chi connectivity index (χ3v) is 6.58. The van der Waals surface area contributed by atoms with E-state index in [0.717, 1.165) is 0 Å². The number of hydrogen-bond donors (Lipinski definition) is 0. The van der Waals surface area contributed by atoms with Crippen LogP contribution in [-0.2, 0) is 14.8 Å². The van der Waals surface area contributed by atoms with Crippen LogP contribution in [0.5, 0.6) is 0 Å². The van der Waals surface area contributed by atoms with Gasteiger partial charge in [-0.3, -0.25) is 9.69 Å². The van der Waals surface area contributed by atoms with Gasteiger partial charge >= 0.3 is 0 Å². The van der Waals surface area contributed by atoms with Gasteiger partial charge in [0.2, 0.25) is 5.91 Å². The van der Waals surface area contributed by atoms with Crippen LogP contribution in [0.2, 0.25) is 5.02 Å². The van der Waals surface area contributed by atoms with Crippen LogP contribution in [0.25, 0.3) is 0 Å². The summed E-state index contributed by atoms with van der Waals surface area (Å²) in [6, 6.07) is 14.7. The molecule has 0 spiro atoms. The van der Waals surface area contributed by atoms with Crippen molar-refractivity contribution < 1.29 is 13.2 Å².